The predicted molar refractivity (Wildman–Crippen MR) is 88.5 cm³/mol. The highest BCUT2D eigenvalue weighted by Crippen LogP contribution is 2.37. The van der Waals surface area contributed by atoms with Gasteiger partial charge in [-0.1, -0.05) is 41.9 Å². The maximum atomic E-state index is 12.9. The van der Waals surface area contributed by atoms with Crippen LogP contribution in [0.15, 0.2) is 53.4 Å². The smallest absolute Gasteiger partial charge is 0.207 e. The molecule has 0 aromatic heterocycles. The van der Waals surface area contributed by atoms with Crippen LogP contribution in [0.4, 0.5) is 0 Å². The van der Waals surface area contributed by atoms with E-state index in [1.807, 2.05) is 31.2 Å². The molecule has 3 rings (SSSR count). The Labute approximate surface area is 136 Å². The maximum Gasteiger partial charge on any atom is 0.243 e. The Kier molecular flexibility index (Phi) is 4.26. The van der Waals surface area contributed by atoms with Gasteiger partial charge in [0.1, 0.15) is 0 Å². The second-order valence-electron chi connectivity index (χ2n) is 5.59. The Bertz CT molecular complexity index is 789. The molecule has 2 aromatic rings. The summed E-state index contributed by atoms with van der Waals surface area (Å²) < 4.78 is 27.5. The highest BCUT2D eigenvalue weighted by Gasteiger charge is 2.36. The zero-order valence-corrected chi connectivity index (χ0v) is 13.9. The summed E-state index contributed by atoms with van der Waals surface area (Å²) >= 11 is 5.95. The van der Waals surface area contributed by atoms with E-state index in [0.717, 1.165) is 24.0 Å². The molecule has 1 heterocycles. The van der Waals surface area contributed by atoms with Gasteiger partial charge in [0.15, 0.2) is 0 Å². The van der Waals surface area contributed by atoms with Crippen LogP contribution in [0.1, 0.15) is 30.0 Å². The predicted octanol–water partition coefficient (Wildman–Crippen LogP) is 4.17. The molecule has 1 fully saturated rings. The van der Waals surface area contributed by atoms with Crippen LogP contribution in [0.5, 0.6) is 0 Å². The molecule has 0 N–H and O–H groups in total. The van der Waals surface area contributed by atoms with Crippen molar-refractivity contribution in [3.05, 3.63) is 64.7 Å². The second kappa shape index (κ2) is 6.03. The number of benzene rings is 2. The van der Waals surface area contributed by atoms with Crippen molar-refractivity contribution in [2.75, 3.05) is 6.54 Å². The van der Waals surface area contributed by atoms with E-state index in [1.165, 1.54) is 6.07 Å². The molecule has 1 aliphatic heterocycles. The Hall–Kier alpha value is -1.36. The number of rotatable bonds is 3. The van der Waals surface area contributed by atoms with Gasteiger partial charge >= 0.3 is 0 Å². The molecule has 0 unspecified atom stereocenters. The van der Waals surface area contributed by atoms with E-state index in [-0.39, 0.29) is 10.9 Å². The van der Waals surface area contributed by atoms with Crippen molar-refractivity contribution >= 4 is 21.6 Å². The van der Waals surface area contributed by atoms with Crippen molar-refractivity contribution in [2.45, 2.75) is 30.7 Å². The number of halogens is 1. The summed E-state index contributed by atoms with van der Waals surface area (Å²) in [7, 11) is -3.53. The SMILES string of the molecule is Cc1ccccc1[C@H]1CCCN1S(=O)(=O)c1cccc(Cl)c1. The summed E-state index contributed by atoms with van der Waals surface area (Å²) in [6.45, 7) is 2.58. The minimum Gasteiger partial charge on any atom is -0.207 e. The average Bonchev–Trinajstić information content (AvgIpc) is 2.98. The minimum absolute atomic E-state index is 0.0924. The quantitative estimate of drug-likeness (QED) is 0.844. The highest BCUT2D eigenvalue weighted by atomic mass is 35.5. The molecule has 2 aromatic carbocycles. The van der Waals surface area contributed by atoms with Crippen molar-refractivity contribution in [2.24, 2.45) is 0 Å². The fraction of sp³-hybridized carbons (Fsp3) is 0.294. The topological polar surface area (TPSA) is 37.4 Å². The van der Waals surface area contributed by atoms with Gasteiger partial charge in [-0.25, -0.2) is 8.42 Å². The van der Waals surface area contributed by atoms with Crippen LogP contribution in [-0.4, -0.2) is 19.3 Å². The number of hydrogen-bond donors (Lipinski definition) is 0. The molecule has 0 radical (unpaired) electrons. The van der Waals surface area contributed by atoms with Crippen molar-refractivity contribution in [3.8, 4) is 0 Å². The Morgan fingerprint density at radius 2 is 1.91 bits per heavy atom. The van der Waals surface area contributed by atoms with E-state index < -0.39 is 10.0 Å². The van der Waals surface area contributed by atoms with Crippen LogP contribution in [-0.2, 0) is 10.0 Å². The van der Waals surface area contributed by atoms with Gasteiger partial charge in [-0.3, -0.25) is 0 Å². The third kappa shape index (κ3) is 2.78. The Morgan fingerprint density at radius 3 is 2.64 bits per heavy atom. The fourth-order valence-corrected chi connectivity index (χ4v) is 5.04. The largest absolute Gasteiger partial charge is 0.243 e. The zero-order valence-electron chi connectivity index (χ0n) is 12.4. The number of nitrogens with zero attached hydrogens (tertiary/aromatic N) is 1. The molecule has 1 aliphatic rings. The van der Waals surface area contributed by atoms with Crippen LogP contribution >= 0.6 is 11.6 Å². The number of aryl methyl sites for hydroxylation is 1. The van der Waals surface area contributed by atoms with Crippen molar-refractivity contribution in [1.29, 1.82) is 0 Å². The van der Waals surface area contributed by atoms with E-state index in [1.54, 1.807) is 22.5 Å². The van der Waals surface area contributed by atoms with E-state index in [9.17, 15) is 8.42 Å². The van der Waals surface area contributed by atoms with Gasteiger partial charge in [-0.05, 0) is 49.1 Å². The molecular formula is C17H18ClNO2S. The van der Waals surface area contributed by atoms with Gasteiger partial charge in [0.2, 0.25) is 10.0 Å². The van der Waals surface area contributed by atoms with E-state index in [0.29, 0.717) is 11.6 Å². The van der Waals surface area contributed by atoms with E-state index >= 15 is 0 Å². The molecule has 1 atom stereocenters. The lowest BCUT2D eigenvalue weighted by molar-refractivity contribution is 0.395. The van der Waals surface area contributed by atoms with Crippen molar-refractivity contribution < 1.29 is 8.42 Å². The van der Waals surface area contributed by atoms with Crippen LogP contribution < -0.4 is 0 Å². The first kappa shape index (κ1) is 15.5. The molecule has 5 heteroatoms. The molecule has 0 aliphatic carbocycles. The lowest BCUT2D eigenvalue weighted by atomic mass is 10.0. The Morgan fingerprint density at radius 1 is 1.14 bits per heavy atom. The lowest BCUT2D eigenvalue weighted by Gasteiger charge is -2.25. The summed E-state index contributed by atoms with van der Waals surface area (Å²) in [6, 6.07) is 14.4. The fourth-order valence-electron chi connectivity index (χ4n) is 3.06. The molecular weight excluding hydrogens is 318 g/mol. The van der Waals surface area contributed by atoms with E-state index in [2.05, 4.69) is 0 Å². The van der Waals surface area contributed by atoms with Crippen LogP contribution in [0.3, 0.4) is 0 Å². The maximum absolute atomic E-state index is 12.9. The van der Waals surface area contributed by atoms with Gasteiger partial charge in [0.25, 0.3) is 0 Å². The second-order valence-corrected chi connectivity index (χ2v) is 7.91. The van der Waals surface area contributed by atoms with Crippen molar-refractivity contribution in [1.82, 2.24) is 4.31 Å². The zero-order chi connectivity index (χ0) is 15.7. The van der Waals surface area contributed by atoms with Gasteiger partial charge in [-0.15, -0.1) is 0 Å². The van der Waals surface area contributed by atoms with Crippen molar-refractivity contribution in [3.63, 3.8) is 0 Å². The number of hydrogen-bond acceptors (Lipinski definition) is 2. The summed E-state index contributed by atoms with van der Waals surface area (Å²) in [5.74, 6) is 0. The van der Waals surface area contributed by atoms with E-state index in [4.69, 9.17) is 11.6 Å². The summed E-state index contributed by atoms with van der Waals surface area (Å²) in [6.07, 6.45) is 1.73. The van der Waals surface area contributed by atoms with Crippen LogP contribution in [0, 0.1) is 6.92 Å². The molecule has 0 bridgehead atoms. The molecule has 1 saturated heterocycles. The molecule has 0 saturated carbocycles. The molecule has 22 heavy (non-hydrogen) atoms. The standard InChI is InChI=1S/C17H18ClNO2S/c1-13-6-2-3-9-16(13)17-10-5-11-19(17)22(20,21)15-8-4-7-14(18)12-15/h2-4,6-9,12,17H,5,10-11H2,1H3/t17-/m1/s1. The monoisotopic (exact) mass is 335 g/mol. The normalized spacial score (nSPS) is 19.5. The lowest BCUT2D eigenvalue weighted by Crippen LogP contribution is -2.31. The first-order valence-corrected chi connectivity index (χ1v) is 9.15. The third-order valence-corrected chi connectivity index (χ3v) is 6.29. The molecule has 0 amide bonds. The van der Waals surface area contributed by atoms with Gasteiger partial charge in [-0.2, -0.15) is 4.31 Å². The first-order valence-electron chi connectivity index (χ1n) is 7.33. The summed E-state index contributed by atoms with van der Waals surface area (Å²) in [5.41, 5.74) is 2.21. The third-order valence-electron chi connectivity index (χ3n) is 4.15. The van der Waals surface area contributed by atoms with Gasteiger partial charge < -0.3 is 0 Å². The first-order chi connectivity index (χ1) is 10.5. The molecule has 3 nitrogen and oxygen atoms in total. The molecule has 0 spiro atoms. The number of sulfonamides is 1. The Balaban J connectivity index is 2.01. The van der Waals surface area contributed by atoms with Crippen LogP contribution in [0.25, 0.3) is 0 Å². The highest BCUT2D eigenvalue weighted by molar-refractivity contribution is 7.89. The summed E-state index contributed by atoms with van der Waals surface area (Å²) in [4.78, 5) is 0.264. The minimum atomic E-state index is -3.53. The van der Waals surface area contributed by atoms with Crippen LogP contribution in [0.2, 0.25) is 5.02 Å². The van der Waals surface area contributed by atoms with Gasteiger partial charge in [0, 0.05) is 11.6 Å². The van der Waals surface area contributed by atoms with Gasteiger partial charge in [0.05, 0.1) is 10.9 Å². The summed E-state index contributed by atoms with van der Waals surface area (Å²) in [5, 5.41) is 0.438. The average molecular weight is 336 g/mol. The molecule has 116 valence electrons.